The highest BCUT2D eigenvalue weighted by atomic mass is 19.4. The first-order valence-corrected chi connectivity index (χ1v) is 8.16. The Morgan fingerprint density at radius 3 is 2.46 bits per heavy atom. The molecule has 4 rings (SSSR count). The highest BCUT2D eigenvalue weighted by Gasteiger charge is 2.46. The van der Waals surface area contributed by atoms with E-state index in [0.717, 1.165) is 18.1 Å². The maximum Gasteiger partial charge on any atom is 0.416 e. The zero-order chi connectivity index (χ0) is 16.9. The average molecular weight is 333 g/mol. The van der Waals surface area contributed by atoms with Crippen molar-refractivity contribution in [2.75, 3.05) is 5.32 Å². The molecule has 2 N–H and O–H groups in total. The Morgan fingerprint density at radius 2 is 1.75 bits per heavy atom. The highest BCUT2D eigenvalue weighted by molar-refractivity contribution is 5.60. The Bertz CT molecular complexity index is 744. The first kappa shape index (κ1) is 15.5. The fourth-order valence-electron chi connectivity index (χ4n) is 4.23. The number of benzene rings is 2. The molecule has 1 aliphatic carbocycles. The molecule has 1 heterocycles. The molecule has 0 spiro atoms. The Hall–Kier alpha value is -2.01. The van der Waals surface area contributed by atoms with Gasteiger partial charge in [0.2, 0.25) is 0 Å². The van der Waals surface area contributed by atoms with Gasteiger partial charge in [0.15, 0.2) is 0 Å². The molecule has 2 aliphatic rings. The van der Waals surface area contributed by atoms with Crippen molar-refractivity contribution in [2.24, 2.45) is 5.92 Å². The molecule has 2 nitrogen and oxygen atoms in total. The van der Waals surface area contributed by atoms with E-state index in [1.165, 1.54) is 12.1 Å². The van der Waals surface area contributed by atoms with Gasteiger partial charge in [-0.15, -0.1) is 0 Å². The van der Waals surface area contributed by atoms with Gasteiger partial charge in [-0.05, 0) is 48.1 Å². The van der Waals surface area contributed by atoms with Crippen LogP contribution in [0.2, 0.25) is 0 Å². The fraction of sp³-hybridized carbons (Fsp3) is 0.368. The zero-order valence-electron chi connectivity index (χ0n) is 12.9. The van der Waals surface area contributed by atoms with Crippen molar-refractivity contribution in [2.45, 2.75) is 37.1 Å². The van der Waals surface area contributed by atoms with Crippen molar-refractivity contribution in [3.05, 3.63) is 65.2 Å². The van der Waals surface area contributed by atoms with E-state index in [9.17, 15) is 18.3 Å². The number of rotatable bonds is 1. The molecule has 5 heteroatoms. The minimum absolute atomic E-state index is 0.0117. The smallest absolute Gasteiger partial charge is 0.392 e. The second-order valence-corrected chi connectivity index (χ2v) is 6.67. The quantitative estimate of drug-likeness (QED) is 0.791. The molecule has 0 aromatic heterocycles. The predicted octanol–water partition coefficient (Wildman–Crippen LogP) is 4.73. The van der Waals surface area contributed by atoms with Crippen LogP contribution in [0.1, 0.15) is 41.5 Å². The van der Waals surface area contributed by atoms with Gasteiger partial charge >= 0.3 is 6.18 Å². The highest BCUT2D eigenvalue weighted by Crippen LogP contribution is 2.53. The number of hydrogen-bond donors (Lipinski definition) is 2. The number of nitrogens with one attached hydrogen (secondary N) is 1. The van der Waals surface area contributed by atoms with Crippen LogP contribution in [0, 0.1) is 5.92 Å². The van der Waals surface area contributed by atoms with Crippen LogP contribution in [-0.4, -0.2) is 11.2 Å². The summed E-state index contributed by atoms with van der Waals surface area (Å²) in [6.45, 7) is 0. The number of fused-ring (bicyclic) bond motifs is 3. The minimum Gasteiger partial charge on any atom is -0.392 e. The summed E-state index contributed by atoms with van der Waals surface area (Å²) >= 11 is 0. The molecule has 0 unspecified atom stereocenters. The van der Waals surface area contributed by atoms with Crippen molar-refractivity contribution in [3.63, 3.8) is 0 Å². The Morgan fingerprint density at radius 1 is 1.00 bits per heavy atom. The van der Waals surface area contributed by atoms with Crippen LogP contribution in [-0.2, 0) is 6.18 Å². The number of hydrogen-bond acceptors (Lipinski definition) is 2. The van der Waals surface area contributed by atoms with Crippen molar-refractivity contribution in [1.29, 1.82) is 0 Å². The summed E-state index contributed by atoms with van der Waals surface area (Å²) in [5.41, 5.74) is 1.73. The van der Waals surface area contributed by atoms with Crippen LogP contribution in [0.15, 0.2) is 48.5 Å². The molecule has 1 saturated carbocycles. The van der Waals surface area contributed by atoms with E-state index in [1.807, 2.05) is 30.3 Å². The third-order valence-electron chi connectivity index (χ3n) is 5.31. The number of aliphatic hydroxyl groups excluding tert-OH is 1. The van der Waals surface area contributed by atoms with E-state index < -0.39 is 17.8 Å². The van der Waals surface area contributed by atoms with Crippen molar-refractivity contribution in [1.82, 2.24) is 0 Å². The lowest BCUT2D eigenvalue weighted by molar-refractivity contribution is -0.137. The van der Waals surface area contributed by atoms with Gasteiger partial charge in [0, 0.05) is 11.6 Å². The molecule has 1 fully saturated rings. The minimum atomic E-state index is -4.37. The largest absolute Gasteiger partial charge is 0.416 e. The number of aliphatic hydroxyl groups is 1. The summed E-state index contributed by atoms with van der Waals surface area (Å²) in [4.78, 5) is 0. The molecule has 2 aromatic carbocycles. The Balaban J connectivity index is 1.80. The SMILES string of the molecule is O[C@H]1CC[C@@H]2[C@H]1c1cc(C(F)(F)F)ccc1N[C@@H]2c1ccccc1. The molecule has 24 heavy (non-hydrogen) atoms. The topological polar surface area (TPSA) is 32.3 Å². The first-order chi connectivity index (χ1) is 11.4. The van der Waals surface area contributed by atoms with Gasteiger partial charge in [-0.2, -0.15) is 13.2 Å². The lowest BCUT2D eigenvalue weighted by Gasteiger charge is -2.38. The molecule has 0 amide bonds. The summed E-state index contributed by atoms with van der Waals surface area (Å²) in [5, 5.41) is 13.8. The van der Waals surface area contributed by atoms with E-state index in [-0.39, 0.29) is 17.9 Å². The van der Waals surface area contributed by atoms with Crippen molar-refractivity contribution < 1.29 is 18.3 Å². The first-order valence-electron chi connectivity index (χ1n) is 8.16. The number of anilines is 1. The van der Waals surface area contributed by atoms with E-state index >= 15 is 0 Å². The molecule has 0 radical (unpaired) electrons. The van der Waals surface area contributed by atoms with E-state index in [2.05, 4.69) is 5.32 Å². The van der Waals surface area contributed by atoms with Gasteiger partial charge in [-0.1, -0.05) is 30.3 Å². The van der Waals surface area contributed by atoms with Gasteiger partial charge in [0.25, 0.3) is 0 Å². The molecule has 1 aliphatic heterocycles. The van der Waals surface area contributed by atoms with Crippen LogP contribution in [0.5, 0.6) is 0 Å². The van der Waals surface area contributed by atoms with Crippen LogP contribution in [0.25, 0.3) is 0 Å². The van der Waals surface area contributed by atoms with E-state index in [4.69, 9.17) is 0 Å². The fourth-order valence-corrected chi connectivity index (χ4v) is 4.23. The molecule has 2 aromatic rings. The second-order valence-electron chi connectivity index (χ2n) is 6.67. The number of alkyl halides is 3. The lowest BCUT2D eigenvalue weighted by Crippen LogP contribution is -2.32. The summed E-state index contributed by atoms with van der Waals surface area (Å²) in [6.07, 6.45) is -3.54. The van der Waals surface area contributed by atoms with Crippen LogP contribution in [0.4, 0.5) is 18.9 Å². The molecule has 126 valence electrons. The molecular formula is C19H18F3NO. The van der Waals surface area contributed by atoms with Crippen LogP contribution < -0.4 is 5.32 Å². The second kappa shape index (κ2) is 5.52. The summed E-state index contributed by atoms with van der Waals surface area (Å²) < 4.78 is 39.2. The van der Waals surface area contributed by atoms with Gasteiger partial charge in [-0.3, -0.25) is 0 Å². The Labute approximate surface area is 138 Å². The molecule has 0 saturated heterocycles. The summed E-state index contributed by atoms with van der Waals surface area (Å²) in [6, 6.07) is 13.7. The predicted molar refractivity (Wildman–Crippen MR) is 85.7 cm³/mol. The summed E-state index contributed by atoms with van der Waals surface area (Å²) in [5.74, 6) is -0.160. The zero-order valence-corrected chi connectivity index (χ0v) is 12.9. The lowest BCUT2D eigenvalue weighted by atomic mass is 9.76. The number of halogens is 3. The average Bonchev–Trinajstić information content (AvgIpc) is 2.96. The van der Waals surface area contributed by atoms with Gasteiger partial charge in [0.1, 0.15) is 0 Å². The standard InChI is InChI=1S/C19H18F3NO/c20-19(21,22)12-6-8-15-14(10-12)17-13(7-9-16(17)24)18(23-15)11-4-2-1-3-5-11/h1-6,8,10,13,16-18,23-24H,7,9H2/t13-,16+,17+,18-/m1/s1. The van der Waals surface area contributed by atoms with Crippen LogP contribution in [0.3, 0.4) is 0 Å². The van der Waals surface area contributed by atoms with Gasteiger partial charge < -0.3 is 10.4 Å². The molecule has 4 atom stereocenters. The molecular weight excluding hydrogens is 315 g/mol. The van der Waals surface area contributed by atoms with E-state index in [1.54, 1.807) is 0 Å². The van der Waals surface area contributed by atoms with Crippen molar-refractivity contribution >= 4 is 5.69 Å². The normalized spacial score (nSPS) is 28.8. The third kappa shape index (κ3) is 2.47. The van der Waals surface area contributed by atoms with Crippen molar-refractivity contribution in [3.8, 4) is 0 Å². The maximum absolute atomic E-state index is 13.1. The van der Waals surface area contributed by atoms with E-state index in [0.29, 0.717) is 17.7 Å². The van der Waals surface area contributed by atoms with Crippen LogP contribution >= 0.6 is 0 Å². The van der Waals surface area contributed by atoms with Gasteiger partial charge in [0.05, 0.1) is 17.7 Å². The monoisotopic (exact) mass is 333 g/mol. The maximum atomic E-state index is 13.1. The third-order valence-corrected chi connectivity index (χ3v) is 5.31. The van der Waals surface area contributed by atoms with Gasteiger partial charge in [-0.25, -0.2) is 0 Å². The summed E-state index contributed by atoms with van der Waals surface area (Å²) in [7, 11) is 0. The molecule has 0 bridgehead atoms. The Kier molecular flexibility index (Phi) is 3.57.